The van der Waals surface area contributed by atoms with Crippen LogP contribution in [0.1, 0.15) is 31.2 Å². The summed E-state index contributed by atoms with van der Waals surface area (Å²) in [5.74, 6) is 0. The summed E-state index contributed by atoms with van der Waals surface area (Å²) in [4.78, 5) is 7.44. The van der Waals surface area contributed by atoms with E-state index in [0.717, 1.165) is 29.9 Å². The first-order valence-corrected chi connectivity index (χ1v) is 17.5. The maximum absolute atomic E-state index is 2.58. The van der Waals surface area contributed by atoms with E-state index in [1.165, 1.54) is 68.9 Å². The molecule has 2 heterocycles. The van der Waals surface area contributed by atoms with Gasteiger partial charge in [-0.3, -0.25) is 0 Å². The molecule has 0 unspecified atom stereocenters. The normalized spacial score (nSPS) is 14.6. The Morgan fingerprint density at radius 2 is 1.20 bits per heavy atom. The predicted octanol–water partition coefficient (Wildman–Crippen LogP) is 10.2. The summed E-state index contributed by atoms with van der Waals surface area (Å²) >= 11 is 0. The molecule has 0 N–H and O–H groups in total. The molecule has 0 bridgehead atoms. The first-order chi connectivity index (χ1) is 24.3. The lowest BCUT2D eigenvalue weighted by Crippen LogP contribution is -2.61. The lowest BCUT2D eigenvalue weighted by atomic mass is 9.33. The van der Waals surface area contributed by atoms with Gasteiger partial charge in [0.15, 0.2) is 0 Å². The Morgan fingerprint density at radius 3 is 2.02 bits per heavy atom. The molecule has 3 aliphatic rings. The fraction of sp³-hybridized carbons (Fsp3) is 0.111. The number of anilines is 8. The van der Waals surface area contributed by atoms with Gasteiger partial charge in [-0.15, -0.1) is 0 Å². The molecule has 0 saturated heterocycles. The van der Waals surface area contributed by atoms with Gasteiger partial charge in [0.1, 0.15) is 0 Å². The largest absolute Gasteiger partial charge is 0.315 e. The SMILES string of the molecule is Cc1ccc(N(c2ccccc2)c2ccc3c(c2)N(C2=CC=CCCCC2)c2cccc4c2B3c2ccccc2N4c2ccccc2)cc1. The minimum atomic E-state index is 0.108. The molecule has 6 aromatic rings. The molecular weight excluding hydrogens is 593 g/mol. The van der Waals surface area contributed by atoms with Crippen molar-refractivity contribution in [3.8, 4) is 0 Å². The van der Waals surface area contributed by atoms with Crippen molar-refractivity contribution in [2.75, 3.05) is 14.7 Å². The van der Waals surface area contributed by atoms with E-state index >= 15 is 0 Å². The number of allylic oxidation sites excluding steroid dienone is 4. The second-order valence-corrected chi connectivity index (χ2v) is 13.3. The number of benzene rings is 6. The molecular formula is C45H38BN3. The molecule has 6 aromatic carbocycles. The number of fused-ring (bicyclic) bond motifs is 4. The van der Waals surface area contributed by atoms with Gasteiger partial charge in [0.05, 0.1) is 0 Å². The second-order valence-electron chi connectivity index (χ2n) is 13.3. The lowest BCUT2D eigenvalue weighted by Gasteiger charge is -2.45. The highest BCUT2D eigenvalue weighted by molar-refractivity contribution is 7.00. The summed E-state index contributed by atoms with van der Waals surface area (Å²) in [6, 6.07) is 53.5. The van der Waals surface area contributed by atoms with Crippen molar-refractivity contribution in [3.05, 3.63) is 175 Å². The van der Waals surface area contributed by atoms with E-state index in [1.807, 2.05) is 0 Å². The van der Waals surface area contributed by atoms with Gasteiger partial charge >= 0.3 is 0 Å². The van der Waals surface area contributed by atoms with Crippen molar-refractivity contribution in [2.24, 2.45) is 0 Å². The topological polar surface area (TPSA) is 9.72 Å². The lowest BCUT2D eigenvalue weighted by molar-refractivity contribution is 0.728. The third kappa shape index (κ3) is 5.07. The van der Waals surface area contributed by atoms with Crippen LogP contribution in [0.25, 0.3) is 0 Å². The number of nitrogens with zero attached hydrogens (tertiary/aromatic N) is 3. The molecule has 0 aromatic heterocycles. The van der Waals surface area contributed by atoms with Crippen LogP contribution in [-0.2, 0) is 0 Å². The molecule has 4 heteroatoms. The zero-order valence-corrected chi connectivity index (χ0v) is 27.8. The first-order valence-electron chi connectivity index (χ1n) is 17.5. The zero-order chi connectivity index (χ0) is 32.7. The van der Waals surface area contributed by atoms with Gasteiger partial charge in [0.2, 0.25) is 0 Å². The Bertz CT molecular complexity index is 2210. The molecule has 0 spiro atoms. The van der Waals surface area contributed by atoms with Crippen LogP contribution in [-0.4, -0.2) is 6.71 Å². The maximum atomic E-state index is 2.58. The van der Waals surface area contributed by atoms with E-state index in [1.54, 1.807) is 0 Å². The van der Waals surface area contributed by atoms with Crippen LogP contribution in [0.3, 0.4) is 0 Å². The average Bonchev–Trinajstić information content (AvgIpc) is 3.13. The minimum absolute atomic E-state index is 0.108. The summed E-state index contributed by atoms with van der Waals surface area (Å²) in [5, 5.41) is 0. The molecule has 0 fully saturated rings. The highest BCUT2D eigenvalue weighted by atomic mass is 15.2. The molecule has 0 radical (unpaired) electrons. The maximum Gasteiger partial charge on any atom is 0.252 e. The summed E-state index contributed by atoms with van der Waals surface area (Å²) < 4.78 is 0. The monoisotopic (exact) mass is 631 g/mol. The third-order valence-corrected chi connectivity index (χ3v) is 10.2. The van der Waals surface area contributed by atoms with Gasteiger partial charge in [-0.25, -0.2) is 0 Å². The number of rotatable bonds is 5. The van der Waals surface area contributed by atoms with Gasteiger partial charge < -0.3 is 14.7 Å². The van der Waals surface area contributed by atoms with Crippen LogP contribution in [0.4, 0.5) is 45.5 Å². The van der Waals surface area contributed by atoms with Gasteiger partial charge in [0, 0.05) is 51.2 Å². The molecule has 0 saturated carbocycles. The quantitative estimate of drug-likeness (QED) is 0.175. The van der Waals surface area contributed by atoms with E-state index in [9.17, 15) is 0 Å². The van der Waals surface area contributed by atoms with Gasteiger partial charge in [-0.05, 0) is 122 Å². The predicted molar refractivity (Wildman–Crippen MR) is 209 cm³/mol. The molecule has 1 aliphatic carbocycles. The number of hydrogen-bond acceptors (Lipinski definition) is 3. The van der Waals surface area contributed by atoms with Gasteiger partial charge in [0.25, 0.3) is 6.71 Å². The molecule has 49 heavy (non-hydrogen) atoms. The van der Waals surface area contributed by atoms with Crippen molar-refractivity contribution in [2.45, 2.75) is 32.6 Å². The fourth-order valence-electron chi connectivity index (χ4n) is 8.01. The first kappa shape index (κ1) is 29.4. The standard InChI is InChI=1S/C45H38BN3/c1-33-26-28-37(29-27-33)47(34-16-9-5-10-17-34)38-30-31-40-44(32-38)49(36-18-7-3-2-4-8-19-36)43-25-15-24-42-45(43)46(40)39-22-13-14-23-41(39)48(42)35-20-11-6-12-21-35/h3,5-7,9-18,20-32H,2,4,8,19H2,1H3. The van der Waals surface area contributed by atoms with Crippen LogP contribution in [0, 0.1) is 6.92 Å². The number of hydrogen-bond donors (Lipinski definition) is 0. The van der Waals surface area contributed by atoms with Gasteiger partial charge in [-0.1, -0.05) is 96.6 Å². The van der Waals surface area contributed by atoms with Crippen molar-refractivity contribution in [1.82, 2.24) is 0 Å². The summed E-state index contributed by atoms with van der Waals surface area (Å²) in [6.07, 6.45) is 11.5. The third-order valence-electron chi connectivity index (χ3n) is 10.2. The highest BCUT2D eigenvalue weighted by Crippen LogP contribution is 2.45. The Labute approximate surface area is 290 Å². The van der Waals surface area contributed by atoms with Gasteiger partial charge in [-0.2, -0.15) is 0 Å². The summed E-state index contributed by atoms with van der Waals surface area (Å²) in [7, 11) is 0. The molecule has 0 amide bonds. The Kier molecular flexibility index (Phi) is 7.43. The Hall–Kier alpha value is -5.74. The van der Waals surface area contributed by atoms with Crippen LogP contribution < -0.4 is 31.1 Å². The van der Waals surface area contributed by atoms with Crippen LogP contribution in [0.15, 0.2) is 170 Å². The van der Waals surface area contributed by atoms with Crippen molar-refractivity contribution < 1.29 is 0 Å². The zero-order valence-electron chi connectivity index (χ0n) is 27.8. The van der Waals surface area contributed by atoms with Crippen molar-refractivity contribution in [1.29, 1.82) is 0 Å². The van der Waals surface area contributed by atoms with E-state index in [2.05, 4.69) is 185 Å². The number of aryl methyl sites for hydroxylation is 1. The Balaban J connectivity index is 1.31. The van der Waals surface area contributed by atoms with E-state index < -0.39 is 0 Å². The second kappa shape index (κ2) is 12.4. The van der Waals surface area contributed by atoms with Crippen molar-refractivity contribution >= 4 is 68.6 Å². The van der Waals surface area contributed by atoms with Crippen LogP contribution in [0.2, 0.25) is 0 Å². The van der Waals surface area contributed by atoms with E-state index in [-0.39, 0.29) is 6.71 Å². The van der Waals surface area contributed by atoms with Crippen LogP contribution in [0.5, 0.6) is 0 Å². The molecule has 0 atom stereocenters. The van der Waals surface area contributed by atoms with Crippen molar-refractivity contribution in [3.63, 3.8) is 0 Å². The summed E-state index contributed by atoms with van der Waals surface area (Å²) in [6.45, 7) is 2.26. The van der Waals surface area contributed by atoms with E-state index in [0.29, 0.717) is 0 Å². The van der Waals surface area contributed by atoms with E-state index in [4.69, 9.17) is 0 Å². The highest BCUT2D eigenvalue weighted by Gasteiger charge is 2.43. The average molecular weight is 632 g/mol. The molecule has 9 rings (SSSR count). The fourth-order valence-corrected chi connectivity index (χ4v) is 8.01. The van der Waals surface area contributed by atoms with Crippen LogP contribution >= 0.6 is 0 Å². The number of para-hydroxylation sites is 3. The smallest absolute Gasteiger partial charge is 0.252 e. The molecule has 236 valence electrons. The summed E-state index contributed by atoms with van der Waals surface area (Å²) in [5.41, 5.74) is 16.3. The molecule has 3 nitrogen and oxygen atoms in total. The Morgan fingerprint density at radius 1 is 0.551 bits per heavy atom. The minimum Gasteiger partial charge on any atom is -0.315 e. The molecule has 2 aliphatic heterocycles.